The molecule has 0 fully saturated rings. The number of anilines is 1. The zero-order valence-corrected chi connectivity index (χ0v) is 11.7. The minimum absolute atomic E-state index is 0.0566. The van der Waals surface area contributed by atoms with Crippen LogP contribution in [0, 0.1) is 0 Å². The van der Waals surface area contributed by atoms with Crippen LogP contribution in [0.1, 0.15) is 17.4 Å². The maximum absolute atomic E-state index is 11.6. The Morgan fingerprint density at radius 3 is 2.90 bits per heavy atom. The molecule has 0 saturated carbocycles. The van der Waals surface area contributed by atoms with Crippen molar-refractivity contribution >= 4 is 23.5 Å². The third kappa shape index (κ3) is 2.70. The van der Waals surface area contributed by atoms with Crippen LogP contribution in [0.3, 0.4) is 0 Å². The van der Waals surface area contributed by atoms with Crippen molar-refractivity contribution in [2.45, 2.75) is 6.92 Å². The molecule has 0 aliphatic rings. The number of carbonyl (C=O) groups is 1. The van der Waals surface area contributed by atoms with Crippen LogP contribution in [0.15, 0.2) is 22.6 Å². The highest BCUT2D eigenvalue weighted by Gasteiger charge is 2.21. The van der Waals surface area contributed by atoms with Gasteiger partial charge in [-0.2, -0.15) is 4.98 Å². The lowest BCUT2D eigenvalue weighted by Crippen LogP contribution is -2.07. The molecule has 7 heteroatoms. The summed E-state index contributed by atoms with van der Waals surface area (Å²) < 4.78 is 15.3. The van der Waals surface area contributed by atoms with Crippen LogP contribution >= 0.6 is 11.6 Å². The molecule has 2 N–H and O–H groups in total. The van der Waals surface area contributed by atoms with Crippen molar-refractivity contribution in [1.82, 2.24) is 4.98 Å². The van der Waals surface area contributed by atoms with E-state index in [1.54, 1.807) is 25.1 Å². The van der Waals surface area contributed by atoms with Gasteiger partial charge in [-0.3, -0.25) is 0 Å². The number of rotatable bonds is 4. The Kier molecular flexibility index (Phi) is 4.14. The summed E-state index contributed by atoms with van der Waals surface area (Å²) in [6, 6.07) is 4.94. The Morgan fingerprint density at radius 1 is 1.50 bits per heavy atom. The fraction of sp³-hybridized carbons (Fsp3) is 0.231. The van der Waals surface area contributed by atoms with Gasteiger partial charge in [0.2, 0.25) is 17.5 Å². The second-order valence-corrected chi connectivity index (χ2v) is 4.23. The number of ether oxygens (including phenoxy) is 2. The summed E-state index contributed by atoms with van der Waals surface area (Å²) in [5, 5.41) is 0.510. The number of aromatic nitrogens is 1. The fourth-order valence-corrected chi connectivity index (χ4v) is 1.80. The molecule has 0 aliphatic carbocycles. The van der Waals surface area contributed by atoms with Crippen molar-refractivity contribution in [3.8, 4) is 17.2 Å². The van der Waals surface area contributed by atoms with E-state index in [4.69, 9.17) is 31.2 Å². The minimum atomic E-state index is -0.632. The van der Waals surface area contributed by atoms with Gasteiger partial charge in [0.25, 0.3) is 0 Å². The number of nitrogen functional groups attached to an aromatic ring is 1. The first-order valence-corrected chi connectivity index (χ1v) is 6.22. The number of hydrogen-bond acceptors (Lipinski definition) is 6. The Hall–Kier alpha value is -2.21. The smallest absolute Gasteiger partial charge is 0.362 e. The van der Waals surface area contributed by atoms with Crippen LogP contribution in [-0.2, 0) is 4.74 Å². The average Bonchev–Trinajstić information content (AvgIpc) is 2.80. The maximum Gasteiger partial charge on any atom is 0.362 e. The predicted octanol–water partition coefficient (Wildman–Crippen LogP) is 2.76. The molecular formula is C13H13ClN2O4. The number of nitrogens with two attached hydrogens (primary N) is 1. The highest BCUT2D eigenvalue weighted by atomic mass is 35.5. The monoisotopic (exact) mass is 296 g/mol. The molecule has 1 heterocycles. The lowest BCUT2D eigenvalue weighted by Gasteiger charge is -2.05. The number of hydrogen-bond donors (Lipinski definition) is 1. The number of halogens is 1. The van der Waals surface area contributed by atoms with Gasteiger partial charge in [-0.05, 0) is 25.1 Å². The van der Waals surface area contributed by atoms with Gasteiger partial charge in [-0.25, -0.2) is 4.79 Å². The van der Waals surface area contributed by atoms with Crippen LogP contribution in [0.4, 0.5) is 5.88 Å². The van der Waals surface area contributed by atoms with Crippen molar-refractivity contribution in [1.29, 1.82) is 0 Å². The van der Waals surface area contributed by atoms with Gasteiger partial charge in [0, 0.05) is 5.02 Å². The van der Waals surface area contributed by atoms with E-state index < -0.39 is 5.97 Å². The van der Waals surface area contributed by atoms with E-state index in [2.05, 4.69) is 4.98 Å². The molecule has 0 radical (unpaired) electrons. The molecule has 0 aliphatic heterocycles. The third-order valence-electron chi connectivity index (χ3n) is 2.52. The Bertz CT molecular complexity index is 639. The van der Waals surface area contributed by atoms with Crippen LogP contribution in [-0.4, -0.2) is 24.7 Å². The normalized spacial score (nSPS) is 10.3. The zero-order valence-electron chi connectivity index (χ0n) is 11.0. The summed E-state index contributed by atoms with van der Waals surface area (Å²) in [6.45, 7) is 1.92. The number of oxazole rings is 1. The van der Waals surface area contributed by atoms with E-state index >= 15 is 0 Å². The first kappa shape index (κ1) is 14.2. The molecule has 2 aromatic rings. The topological polar surface area (TPSA) is 87.6 Å². The van der Waals surface area contributed by atoms with Gasteiger partial charge in [-0.1, -0.05) is 11.6 Å². The largest absolute Gasteiger partial charge is 0.496 e. The molecular weight excluding hydrogens is 284 g/mol. The molecule has 6 nitrogen and oxygen atoms in total. The Labute approximate surface area is 120 Å². The van der Waals surface area contributed by atoms with E-state index in [1.807, 2.05) is 0 Å². The van der Waals surface area contributed by atoms with Crippen LogP contribution < -0.4 is 10.5 Å². The first-order chi connectivity index (χ1) is 9.56. The van der Waals surface area contributed by atoms with Crippen molar-refractivity contribution in [3.05, 3.63) is 28.9 Å². The van der Waals surface area contributed by atoms with E-state index in [-0.39, 0.29) is 24.1 Å². The lowest BCUT2D eigenvalue weighted by atomic mass is 10.2. The lowest BCUT2D eigenvalue weighted by molar-refractivity contribution is 0.0521. The van der Waals surface area contributed by atoms with Crippen LogP contribution in [0.2, 0.25) is 5.02 Å². The number of benzene rings is 1. The summed E-state index contributed by atoms with van der Waals surface area (Å²) in [6.07, 6.45) is 0. The third-order valence-corrected chi connectivity index (χ3v) is 2.75. The van der Waals surface area contributed by atoms with Gasteiger partial charge in [0.05, 0.1) is 19.3 Å². The van der Waals surface area contributed by atoms with E-state index in [0.29, 0.717) is 16.3 Å². The van der Waals surface area contributed by atoms with Crippen LogP contribution in [0.5, 0.6) is 5.75 Å². The van der Waals surface area contributed by atoms with E-state index in [9.17, 15) is 4.79 Å². The van der Waals surface area contributed by atoms with Crippen LogP contribution in [0.25, 0.3) is 11.5 Å². The van der Waals surface area contributed by atoms with E-state index in [1.165, 1.54) is 7.11 Å². The highest BCUT2D eigenvalue weighted by molar-refractivity contribution is 6.30. The summed E-state index contributed by atoms with van der Waals surface area (Å²) in [5.41, 5.74) is 6.12. The first-order valence-electron chi connectivity index (χ1n) is 5.84. The van der Waals surface area contributed by atoms with Gasteiger partial charge in [0.1, 0.15) is 5.75 Å². The number of methoxy groups -OCH3 is 1. The standard InChI is InChI=1S/C13H13ClN2O4/c1-3-19-13(17)10-11(15)20-12(16-10)8-5-4-7(14)6-9(8)18-2/h4-6H,3,15H2,1-2H3. The second-order valence-electron chi connectivity index (χ2n) is 3.80. The van der Waals surface area contributed by atoms with Crippen molar-refractivity contribution in [3.63, 3.8) is 0 Å². The number of esters is 1. The quantitative estimate of drug-likeness (QED) is 0.873. The summed E-state index contributed by atoms with van der Waals surface area (Å²) >= 11 is 5.88. The van der Waals surface area contributed by atoms with Gasteiger partial charge < -0.3 is 19.6 Å². The molecule has 106 valence electrons. The SMILES string of the molecule is CCOC(=O)c1nc(-c2ccc(Cl)cc2OC)oc1N. The fourth-order valence-electron chi connectivity index (χ4n) is 1.63. The summed E-state index contributed by atoms with van der Waals surface area (Å²) in [4.78, 5) is 15.7. The van der Waals surface area contributed by atoms with Gasteiger partial charge in [-0.15, -0.1) is 0 Å². The zero-order chi connectivity index (χ0) is 14.7. The highest BCUT2D eigenvalue weighted by Crippen LogP contribution is 2.33. The Balaban J connectivity index is 2.44. The molecule has 20 heavy (non-hydrogen) atoms. The molecule has 0 spiro atoms. The second kappa shape index (κ2) is 5.83. The average molecular weight is 297 g/mol. The molecule has 0 saturated heterocycles. The van der Waals surface area contributed by atoms with Gasteiger partial charge >= 0.3 is 5.97 Å². The molecule has 2 rings (SSSR count). The number of nitrogens with zero attached hydrogens (tertiary/aromatic N) is 1. The maximum atomic E-state index is 11.6. The molecule has 0 bridgehead atoms. The van der Waals surface area contributed by atoms with E-state index in [0.717, 1.165) is 0 Å². The number of carbonyl (C=O) groups excluding carboxylic acids is 1. The molecule has 1 aromatic carbocycles. The Morgan fingerprint density at radius 2 is 2.25 bits per heavy atom. The molecule has 0 atom stereocenters. The minimum Gasteiger partial charge on any atom is -0.496 e. The summed E-state index contributed by atoms with van der Waals surface area (Å²) in [7, 11) is 1.49. The van der Waals surface area contributed by atoms with Crippen molar-refractivity contribution < 1.29 is 18.7 Å². The molecule has 0 unspecified atom stereocenters. The predicted molar refractivity (Wildman–Crippen MR) is 73.9 cm³/mol. The summed E-state index contributed by atoms with van der Waals surface area (Å²) in [5.74, 6) is -0.100. The molecule has 0 amide bonds. The van der Waals surface area contributed by atoms with Gasteiger partial charge in [0.15, 0.2) is 0 Å². The molecule has 1 aromatic heterocycles. The van der Waals surface area contributed by atoms with Crippen molar-refractivity contribution in [2.75, 3.05) is 19.5 Å². The van der Waals surface area contributed by atoms with Crippen molar-refractivity contribution in [2.24, 2.45) is 0 Å².